The van der Waals surface area contributed by atoms with Crippen LogP contribution in [0.1, 0.15) is 39.5 Å². The lowest BCUT2D eigenvalue weighted by molar-refractivity contribution is 0.116. The lowest BCUT2D eigenvalue weighted by Crippen LogP contribution is -2.55. The molecule has 1 saturated carbocycles. The van der Waals surface area contributed by atoms with Crippen molar-refractivity contribution in [1.82, 2.24) is 20.4 Å². The van der Waals surface area contributed by atoms with Gasteiger partial charge in [-0.05, 0) is 45.7 Å². The first kappa shape index (κ1) is 21.0. The van der Waals surface area contributed by atoms with E-state index in [1.54, 1.807) is 0 Å². The number of aliphatic imine (C=N–C) groups is 1. The van der Waals surface area contributed by atoms with Gasteiger partial charge >= 0.3 is 0 Å². The predicted molar refractivity (Wildman–Crippen MR) is 110 cm³/mol. The molecule has 1 saturated heterocycles. The minimum atomic E-state index is 0. The molecule has 0 amide bonds. The third-order valence-corrected chi connectivity index (χ3v) is 5.57. The minimum absolute atomic E-state index is 0. The van der Waals surface area contributed by atoms with Crippen LogP contribution in [0.25, 0.3) is 0 Å². The highest BCUT2D eigenvalue weighted by Gasteiger charge is 2.34. The Morgan fingerprint density at radius 1 is 1.17 bits per heavy atom. The van der Waals surface area contributed by atoms with Gasteiger partial charge in [-0.3, -0.25) is 9.89 Å². The predicted octanol–water partition coefficient (Wildman–Crippen LogP) is 1.99. The molecule has 1 heterocycles. The molecule has 2 N–H and O–H groups in total. The summed E-state index contributed by atoms with van der Waals surface area (Å²) in [5, 5.41) is 6.96. The second-order valence-corrected chi connectivity index (χ2v) is 7.18. The van der Waals surface area contributed by atoms with Gasteiger partial charge in [0, 0.05) is 45.3 Å². The first-order valence-electron chi connectivity index (χ1n) is 8.99. The summed E-state index contributed by atoms with van der Waals surface area (Å²) in [5.41, 5.74) is 0.490. The molecule has 136 valence electrons. The quantitative estimate of drug-likeness (QED) is 0.379. The van der Waals surface area contributed by atoms with Crippen molar-refractivity contribution in [3.8, 4) is 0 Å². The van der Waals surface area contributed by atoms with Gasteiger partial charge in [0.15, 0.2) is 5.96 Å². The third-order valence-electron chi connectivity index (χ3n) is 5.57. The van der Waals surface area contributed by atoms with Crippen molar-refractivity contribution in [3.63, 3.8) is 0 Å². The average Bonchev–Trinajstić information content (AvgIpc) is 2.47. The molecule has 6 heteroatoms. The largest absolute Gasteiger partial charge is 0.357 e. The summed E-state index contributed by atoms with van der Waals surface area (Å²) in [4.78, 5) is 9.74. The van der Waals surface area contributed by atoms with Crippen molar-refractivity contribution >= 4 is 29.9 Å². The summed E-state index contributed by atoms with van der Waals surface area (Å²) in [6.07, 6.45) is 5.34. The molecule has 1 unspecified atom stereocenters. The number of rotatable bonds is 6. The van der Waals surface area contributed by atoms with Crippen LogP contribution in [-0.2, 0) is 0 Å². The molecule has 1 aliphatic carbocycles. The highest BCUT2D eigenvalue weighted by molar-refractivity contribution is 14.0. The van der Waals surface area contributed by atoms with Crippen molar-refractivity contribution in [2.24, 2.45) is 10.4 Å². The Bertz CT molecular complexity index is 364. The second-order valence-electron chi connectivity index (χ2n) is 7.18. The van der Waals surface area contributed by atoms with Gasteiger partial charge in [0.1, 0.15) is 0 Å². The Morgan fingerprint density at radius 3 is 2.48 bits per heavy atom. The maximum absolute atomic E-state index is 4.87. The van der Waals surface area contributed by atoms with Crippen LogP contribution in [0.3, 0.4) is 0 Å². The van der Waals surface area contributed by atoms with Gasteiger partial charge < -0.3 is 15.5 Å². The fourth-order valence-corrected chi connectivity index (χ4v) is 3.43. The van der Waals surface area contributed by atoms with Crippen molar-refractivity contribution in [2.45, 2.75) is 45.6 Å². The Morgan fingerprint density at radius 2 is 1.91 bits per heavy atom. The van der Waals surface area contributed by atoms with Crippen LogP contribution in [0.2, 0.25) is 0 Å². The molecule has 5 nitrogen and oxygen atoms in total. The van der Waals surface area contributed by atoms with Gasteiger partial charge in [-0.15, -0.1) is 24.0 Å². The Hall–Kier alpha value is -0.0800. The fourth-order valence-electron chi connectivity index (χ4n) is 3.43. The SMILES string of the molecule is CCNC(=NCC1(CC)CCC1)NCC1CN(C)CCN1C.I. The van der Waals surface area contributed by atoms with Gasteiger partial charge in [0.05, 0.1) is 0 Å². The summed E-state index contributed by atoms with van der Waals surface area (Å²) in [6, 6.07) is 0.562. The van der Waals surface area contributed by atoms with Crippen LogP contribution < -0.4 is 10.6 Å². The molecule has 0 spiro atoms. The van der Waals surface area contributed by atoms with E-state index in [0.29, 0.717) is 11.5 Å². The van der Waals surface area contributed by atoms with Gasteiger partial charge in [0.25, 0.3) is 0 Å². The fraction of sp³-hybridized carbons (Fsp3) is 0.941. The Labute approximate surface area is 159 Å². The molecular weight excluding hydrogens is 401 g/mol. The zero-order chi connectivity index (χ0) is 16.0. The zero-order valence-corrected chi connectivity index (χ0v) is 17.7. The van der Waals surface area contributed by atoms with E-state index < -0.39 is 0 Å². The number of halogens is 1. The monoisotopic (exact) mass is 437 g/mol. The molecule has 0 aromatic carbocycles. The molecule has 0 aromatic heterocycles. The minimum Gasteiger partial charge on any atom is -0.357 e. The maximum Gasteiger partial charge on any atom is 0.191 e. The van der Waals surface area contributed by atoms with Crippen LogP contribution in [0.4, 0.5) is 0 Å². The molecule has 1 aliphatic heterocycles. The molecule has 1 atom stereocenters. The number of nitrogens with one attached hydrogen (secondary N) is 2. The molecule has 2 aliphatic rings. The Kier molecular flexibility index (Phi) is 9.15. The second kappa shape index (κ2) is 10.0. The molecule has 2 fully saturated rings. The van der Waals surface area contributed by atoms with Crippen molar-refractivity contribution in [3.05, 3.63) is 0 Å². The summed E-state index contributed by atoms with van der Waals surface area (Å²) in [6.45, 7) is 10.7. The van der Waals surface area contributed by atoms with Gasteiger partial charge in [-0.25, -0.2) is 0 Å². The number of hydrogen-bond donors (Lipinski definition) is 2. The van der Waals surface area contributed by atoms with Gasteiger partial charge in [-0.2, -0.15) is 0 Å². The van der Waals surface area contributed by atoms with Crippen molar-refractivity contribution in [1.29, 1.82) is 0 Å². The first-order valence-corrected chi connectivity index (χ1v) is 8.99. The van der Waals surface area contributed by atoms with Gasteiger partial charge in [0.2, 0.25) is 0 Å². The van der Waals surface area contributed by atoms with E-state index in [0.717, 1.165) is 38.7 Å². The first-order chi connectivity index (χ1) is 10.6. The van der Waals surface area contributed by atoms with Gasteiger partial charge in [-0.1, -0.05) is 13.3 Å². The van der Waals surface area contributed by atoms with E-state index in [1.807, 2.05) is 0 Å². The van der Waals surface area contributed by atoms with Crippen LogP contribution in [0.5, 0.6) is 0 Å². The highest BCUT2D eigenvalue weighted by atomic mass is 127. The van der Waals surface area contributed by atoms with Crippen molar-refractivity contribution < 1.29 is 0 Å². The van der Waals surface area contributed by atoms with E-state index in [9.17, 15) is 0 Å². The van der Waals surface area contributed by atoms with Crippen molar-refractivity contribution in [2.75, 3.05) is 53.4 Å². The van der Waals surface area contributed by atoms with E-state index in [-0.39, 0.29) is 24.0 Å². The average molecular weight is 437 g/mol. The number of likely N-dealkylation sites (N-methyl/N-ethyl adjacent to an activating group) is 2. The number of piperazine rings is 1. The van der Waals surface area contributed by atoms with E-state index in [1.165, 1.54) is 32.2 Å². The topological polar surface area (TPSA) is 42.9 Å². The normalized spacial score (nSPS) is 25.4. The maximum atomic E-state index is 4.87. The van der Waals surface area contributed by atoms with E-state index in [2.05, 4.69) is 48.4 Å². The lowest BCUT2D eigenvalue weighted by Gasteiger charge is -2.40. The highest BCUT2D eigenvalue weighted by Crippen LogP contribution is 2.43. The number of guanidine groups is 1. The molecule has 0 aromatic rings. The number of nitrogens with zero attached hydrogens (tertiary/aromatic N) is 3. The summed E-state index contributed by atoms with van der Waals surface area (Å²) >= 11 is 0. The molecule has 23 heavy (non-hydrogen) atoms. The molecule has 0 bridgehead atoms. The smallest absolute Gasteiger partial charge is 0.191 e. The molecule has 0 radical (unpaired) electrons. The van der Waals surface area contributed by atoms with Crippen LogP contribution in [-0.4, -0.2) is 75.2 Å². The molecule has 2 rings (SSSR count). The Balaban J connectivity index is 0.00000264. The standard InChI is InChI=1S/C17H35N5.HI/c1-5-17(8-7-9-17)14-20-16(18-6-2)19-12-15-13-21(3)10-11-22(15)4;/h15H,5-14H2,1-4H3,(H2,18,19,20);1H. The summed E-state index contributed by atoms with van der Waals surface area (Å²) in [5.74, 6) is 0.990. The third kappa shape index (κ3) is 6.05. The van der Waals surface area contributed by atoms with Crippen LogP contribution in [0.15, 0.2) is 4.99 Å². The zero-order valence-electron chi connectivity index (χ0n) is 15.4. The van der Waals surface area contributed by atoms with E-state index in [4.69, 9.17) is 4.99 Å². The number of hydrogen-bond acceptors (Lipinski definition) is 3. The van der Waals surface area contributed by atoms with E-state index >= 15 is 0 Å². The molecular formula is C17H36IN5. The summed E-state index contributed by atoms with van der Waals surface area (Å²) in [7, 11) is 4.44. The lowest BCUT2D eigenvalue weighted by atomic mass is 9.67. The van der Waals surface area contributed by atoms with Crippen LogP contribution >= 0.6 is 24.0 Å². The van der Waals surface area contributed by atoms with Crippen LogP contribution in [0, 0.1) is 5.41 Å². The summed E-state index contributed by atoms with van der Waals surface area (Å²) < 4.78 is 0.